The smallest absolute Gasteiger partial charge is 0.175 e. The molecule has 0 aliphatic carbocycles. The number of sulfone groups is 1. The summed E-state index contributed by atoms with van der Waals surface area (Å²) in [5.74, 6) is 0. The molecule has 1 aromatic carbocycles. The highest BCUT2D eigenvalue weighted by Crippen LogP contribution is 2.09. The molecule has 0 aromatic heterocycles. The van der Waals surface area contributed by atoms with Crippen LogP contribution in [0.3, 0.4) is 0 Å². The van der Waals surface area contributed by atoms with Gasteiger partial charge in [0.1, 0.15) is 0 Å². The highest BCUT2D eigenvalue weighted by atomic mass is 32.2. The fraction of sp³-hybridized carbons (Fsp3) is 0.400. The molecule has 0 atom stereocenters. The monoisotopic (exact) mass is 216 g/mol. The molecular formula is C10H16O3S. The van der Waals surface area contributed by atoms with Crippen molar-refractivity contribution in [3.8, 4) is 0 Å². The van der Waals surface area contributed by atoms with Crippen molar-refractivity contribution in [2.45, 2.75) is 25.3 Å². The number of benzene rings is 1. The Morgan fingerprint density at radius 1 is 1.14 bits per heavy atom. The molecule has 0 spiro atoms. The van der Waals surface area contributed by atoms with Crippen LogP contribution in [0.5, 0.6) is 0 Å². The second kappa shape index (κ2) is 5.78. The van der Waals surface area contributed by atoms with Crippen molar-refractivity contribution in [1.82, 2.24) is 0 Å². The lowest BCUT2D eigenvalue weighted by atomic mass is 10.2. The molecule has 0 heterocycles. The summed E-state index contributed by atoms with van der Waals surface area (Å²) >= 11 is 0. The number of aliphatic hydroxyl groups excluding tert-OH is 1. The molecule has 1 rings (SSSR count). The lowest BCUT2D eigenvalue weighted by molar-refractivity contribution is 0.282. The third kappa shape index (κ3) is 3.89. The minimum absolute atomic E-state index is 0.0654. The maximum absolute atomic E-state index is 11.0. The van der Waals surface area contributed by atoms with E-state index in [0.717, 1.165) is 6.26 Å². The highest BCUT2D eigenvalue weighted by molar-refractivity contribution is 7.90. The first-order chi connectivity index (χ1) is 6.54. The van der Waals surface area contributed by atoms with Crippen LogP contribution in [-0.2, 0) is 16.4 Å². The minimum Gasteiger partial charge on any atom is -0.392 e. The molecule has 1 aromatic rings. The Morgan fingerprint density at radius 3 is 1.86 bits per heavy atom. The van der Waals surface area contributed by atoms with Crippen LogP contribution in [-0.4, -0.2) is 19.8 Å². The van der Waals surface area contributed by atoms with E-state index in [1.165, 1.54) is 12.1 Å². The van der Waals surface area contributed by atoms with Gasteiger partial charge in [-0.1, -0.05) is 26.0 Å². The van der Waals surface area contributed by atoms with Crippen LogP contribution in [0.2, 0.25) is 0 Å². The molecule has 0 amide bonds. The predicted molar refractivity (Wildman–Crippen MR) is 56.8 cm³/mol. The number of hydrogen-bond donors (Lipinski definition) is 1. The Hall–Kier alpha value is -0.870. The van der Waals surface area contributed by atoms with Crippen LogP contribution in [0.4, 0.5) is 0 Å². The predicted octanol–water partition coefficient (Wildman–Crippen LogP) is 1.61. The summed E-state index contributed by atoms with van der Waals surface area (Å²) in [5, 5.41) is 8.68. The van der Waals surface area contributed by atoms with Crippen molar-refractivity contribution in [2.75, 3.05) is 6.26 Å². The van der Waals surface area contributed by atoms with E-state index in [9.17, 15) is 8.42 Å². The quantitative estimate of drug-likeness (QED) is 0.817. The first kappa shape index (κ1) is 13.1. The standard InChI is InChI=1S/C8H10O3S.C2H6/c1-12(10,11)8-4-2-7(6-9)3-5-8;1-2/h2-5,9H,6H2,1H3;1-2H3. The average molecular weight is 216 g/mol. The third-order valence-electron chi connectivity index (χ3n) is 1.53. The van der Waals surface area contributed by atoms with Gasteiger partial charge in [0.15, 0.2) is 9.84 Å². The van der Waals surface area contributed by atoms with E-state index in [4.69, 9.17) is 5.11 Å². The van der Waals surface area contributed by atoms with Gasteiger partial charge in [-0.25, -0.2) is 8.42 Å². The molecule has 0 unspecified atom stereocenters. The molecule has 1 N–H and O–H groups in total. The van der Waals surface area contributed by atoms with Crippen molar-refractivity contribution in [3.63, 3.8) is 0 Å². The topological polar surface area (TPSA) is 54.4 Å². The van der Waals surface area contributed by atoms with E-state index in [1.54, 1.807) is 12.1 Å². The second-order valence-electron chi connectivity index (χ2n) is 2.57. The zero-order valence-electron chi connectivity index (χ0n) is 8.69. The lowest BCUT2D eigenvalue weighted by Gasteiger charge is -1.98. The van der Waals surface area contributed by atoms with Gasteiger partial charge in [-0.3, -0.25) is 0 Å². The highest BCUT2D eigenvalue weighted by Gasteiger charge is 2.04. The Balaban J connectivity index is 0.000000791. The first-order valence-corrected chi connectivity index (χ1v) is 6.33. The molecule has 0 aliphatic heterocycles. The summed E-state index contributed by atoms with van der Waals surface area (Å²) in [6.07, 6.45) is 1.15. The molecule has 0 aliphatic rings. The van der Waals surface area contributed by atoms with Crippen molar-refractivity contribution >= 4 is 9.84 Å². The van der Waals surface area contributed by atoms with Crippen LogP contribution < -0.4 is 0 Å². The molecule has 0 fully saturated rings. The summed E-state index contributed by atoms with van der Waals surface area (Å²) in [6, 6.07) is 6.16. The summed E-state index contributed by atoms with van der Waals surface area (Å²) in [4.78, 5) is 0.278. The molecule has 4 heteroatoms. The number of hydrogen-bond acceptors (Lipinski definition) is 3. The van der Waals surface area contributed by atoms with E-state index < -0.39 is 9.84 Å². The van der Waals surface area contributed by atoms with Gasteiger partial charge < -0.3 is 5.11 Å². The maximum Gasteiger partial charge on any atom is 0.175 e. The van der Waals surface area contributed by atoms with E-state index in [-0.39, 0.29) is 11.5 Å². The van der Waals surface area contributed by atoms with Crippen LogP contribution >= 0.6 is 0 Å². The van der Waals surface area contributed by atoms with Gasteiger partial charge in [0, 0.05) is 6.26 Å². The molecule has 0 saturated carbocycles. The molecule has 0 bridgehead atoms. The molecule has 0 saturated heterocycles. The molecule has 0 radical (unpaired) electrons. The lowest BCUT2D eigenvalue weighted by Crippen LogP contribution is -1.96. The van der Waals surface area contributed by atoms with Crippen molar-refractivity contribution in [2.24, 2.45) is 0 Å². The first-order valence-electron chi connectivity index (χ1n) is 4.44. The Labute approximate surface area is 85.3 Å². The van der Waals surface area contributed by atoms with E-state index in [0.29, 0.717) is 5.56 Å². The van der Waals surface area contributed by atoms with Crippen molar-refractivity contribution in [3.05, 3.63) is 29.8 Å². The summed E-state index contributed by atoms with van der Waals surface area (Å²) < 4.78 is 21.9. The minimum atomic E-state index is -3.11. The SMILES string of the molecule is CC.CS(=O)(=O)c1ccc(CO)cc1. The van der Waals surface area contributed by atoms with Gasteiger partial charge in [0.05, 0.1) is 11.5 Å². The van der Waals surface area contributed by atoms with Gasteiger partial charge in [-0.05, 0) is 17.7 Å². The Kier molecular flexibility index (Phi) is 5.42. The molecular weight excluding hydrogens is 200 g/mol. The summed E-state index contributed by atoms with van der Waals surface area (Å²) in [6.45, 7) is 3.93. The van der Waals surface area contributed by atoms with Crippen molar-refractivity contribution in [1.29, 1.82) is 0 Å². The fourth-order valence-corrected chi connectivity index (χ4v) is 1.47. The van der Waals surface area contributed by atoms with Crippen molar-refractivity contribution < 1.29 is 13.5 Å². The number of rotatable bonds is 2. The second-order valence-corrected chi connectivity index (χ2v) is 4.59. The molecule has 3 nitrogen and oxygen atoms in total. The third-order valence-corrected chi connectivity index (χ3v) is 2.66. The maximum atomic E-state index is 11.0. The Morgan fingerprint density at radius 2 is 1.57 bits per heavy atom. The van der Waals surface area contributed by atoms with Gasteiger partial charge in [-0.2, -0.15) is 0 Å². The van der Waals surface area contributed by atoms with Crippen LogP contribution in [0.25, 0.3) is 0 Å². The van der Waals surface area contributed by atoms with Gasteiger partial charge >= 0.3 is 0 Å². The van der Waals surface area contributed by atoms with Gasteiger partial charge in [-0.15, -0.1) is 0 Å². The zero-order chi connectivity index (χ0) is 11.2. The van der Waals surface area contributed by atoms with E-state index >= 15 is 0 Å². The summed E-state index contributed by atoms with van der Waals surface area (Å²) in [7, 11) is -3.11. The van der Waals surface area contributed by atoms with Crippen LogP contribution in [0, 0.1) is 0 Å². The normalized spacial score (nSPS) is 10.3. The van der Waals surface area contributed by atoms with E-state index in [2.05, 4.69) is 0 Å². The molecule has 14 heavy (non-hydrogen) atoms. The zero-order valence-corrected chi connectivity index (χ0v) is 9.50. The largest absolute Gasteiger partial charge is 0.392 e. The van der Waals surface area contributed by atoms with E-state index in [1.807, 2.05) is 13.8 Å². The molecule has 80 valence electrons. The number of aliphatic hydroxyl groups is 1. The fourth-order valence-electron chi connectivity index (χ4n) is 0.842. The van der Waals surface area contributed by atoms with Crippen LogP contribution in [0.1, 0.15) is 19.4 Å². The van der Waals surface area contributed by atoms with Gasteiger partial charge in [0.25, 0.3) is 0 Å². The average Bonchev–Trinajstić information content (AvgIpc) is 2.20. The van der Waals surface area contributed by atoms with Gasteiger partial charge in [0.2, 0.25) is 0 Å². The Bertz CT molecular complexity index is 351. The summed E-state index contributed by atoms with van der Waals surface area (Å²) in [5.41, 5.74) is 0.711. The van der Waals surface area contributed by atoms with Crippen LogP contribution in [0.15, 0.2) is 29.2 Å².